The van der Waals surface area contributed by atoms with Gasteiger partial charge >= 0.3 is 5.63 Å². The molecule has 5 nitrogen and oxygen atoms in total. The molecular weight excluding hydrogens is 258 g/mol. The highest BCUT2D eigenvalue weighted by Crippen LogP contribution is 2.12. The number of amides is 1. The average molecular weight is 275 g/mol. The molecule has 1 heterocycles. The molecule has 0 saturated heterocycles. The molecule has 0 bridgehead atoms. The third kappa shape index (κ3) is 3.45. The largest absolute Gasteiger partial charge is 0.422 e. The highest BCUT2D eigenvalue weighted by molar-refractivity contribution is 5.96. The number of nitrogens with one attached hydrogen (secondary N) is 1. The summed E-state index contributed by atoms with van der Waals surface area (Å²) >= 11 is 0. The van der Waals surface area contributed by atoms with Gasteiger partial charge in [-0.05, 0) is 31.4 Å². The molecule has 0 unspecified atom stereocenters. The lowest BCUT2D eigenvalue weighted by Crippen LogP contribution is -2.29. The molecule has 0 aliphatic rings. The van der Waals surface area contributed by atoms with Crippen LogP contribution in [0.4, 0.5) is 0 Å². The maximum Gasteiger partial charge on any atom is 0.349 e. The van der Waals surface area contributed by atoms with Crippen molar-refractivity contribution in [2.24, 2.45) is 0 Å². The van der Waals surface area contributed by atoms with Gasteiger partial charge in [0.25, 0.3) is 5.91 Å². The second kappa shape index (κ2) is 6.86. The second-order valence-corrected chi connectivity index (χ2v) is 4.53. The van der Waals surface area contributed by atoms with E-state index in [0.29, 0.717) is 18.5 Å². The quantitative estimate of drug-likeness (QED) is 0.621. The molecule has 0 saturated carbocycles. The molecule has 2 aromatic rings. The Balaban J connectivity index is 2.06. The Bertz CT molecular complexity index is 648. The van der Waals surface area contributed by atoms with E-state index in [1.165, 1.54) is 0 Å². The maximum absolute atomic E-state index is 11.9. The summed E-state index contributed by atoms with van der Waals surface area (Å²) in [6.45, 7) is 0.632. The van der Waals surface area contributed by atoms with Gasteiger partial charge in [0.2, 0.25) is 0 Å². The number of aliphatic hydroxyl groups is 1. The van der Waals surface area contributed by atoms with Crippen LogP contribution >= 0.6 is 0 Å². The number of hydrogen-bond donors (Lipinski definition) is 2. The topological polar surface area (TPSA) is 79.5 Å². The number of rotatable bonds is 6. The van der Waals surface area contributed by atoms with E-state index in [1.807, 2.05) is 6.07 Å². The molecule has 0 radical (unpaired) electrons. The van der Waals surface area contributed by atoms with Crippen LogP contribution < -0.4 is 10.9 Å². The first-order valence-corrected chi connectivity index (χ1v) is 6.64. The summed E-state index contributed by atoms with van der Waals surface area (Å²) in [4.78, 5) is 23.7. The lowest BCUT2D eigenvalue weighted by atomic mass is 10.1. The molecule has 0 atom stereocenters. The van der Waals surface area contributed by atoms with Gasteiger partial charge in [0.05, 0.1) is 0 Å². The Morgan fingerprint density at radius 2 is 2.00 bits per heavy atom. The molecule has 20 heavy (non-hydrogen) atoms. The van der Waals surface area contributed by atoms with Gasteiger partial charge in [0.15, 0.2) is 0 Å². The Hall–Kier alpha value is -2.14. The minimum atomic E-state index is -0.628. The zero-order valence-electron chi connectivity index (χ0n) is 11.1. The smallest absolute Gasteiger partial charge is 0.349 e. The van der Waals surface area contributed by atoms with Crippen molar-refractivity contribution >= 4 is 16.9 Å². The molecule has 2 rings (SSSR count). The lowest BCUT2D eigenvalue weighted by molar-refractivity contribution is 0.0949. The van der Waals surface area contributed by atoms with Crippen molar-refractivity contribution in [3.8, 4) is 0 Å². The minimum absolute atomic E-state index is 0.0193. The Kier molecular flexibility index (Phi) is 4.90. The summed E-state index contributed by atoms with van der Waals surface area (Å²) in [6, 6.07) is 8.61. The van der Waals surface area contributed by atoms with Crippen LogP contribution in [0.25, 0.3) is 11.0 Å². The lowest BCUT2D eigenvalue weighted by Gasteiger charge is -2.04. The van der Waals surface area contributed by atoms with Gasteiger partial charge in [-0.3, -0.25) is 4.79 Å². The molecule has 1 aromatic heterocycles. The van der Waals surface area contributed by atoms with E-state index >= 15 is 0 Å². The Morgan fingerprint density at radius 3 is 2.80 bits per heavy atom. The first kappa shape index (κ1) is 14.3. The van der Waals surface area contributed by atoms with Gasteiger partial charge < -0.3 is 14.8 Å². The first-order valence-electron chi connectivity index (χ1n) is 6.64. The summed E-state index contributed by atoms with van der Waals surface area (Å²) in [5.41, 5.74) is -0.139. The van der Waals surface area contributed by atoms with Crippen molar-refractivity contribution in [2.45, 2.75) is 19.3 Å². The van der Waals surface area contributed by atoms with Gasteiger partial charge in [-0.1, -0.05) is 18.2 Å². The molecule has 1 aromatic carbocycles. The number of para-hydroxylation sites is 1. The fraction of sp³-hybridized carbons (Fsp3) is 0.333. The van der Waals surface area contributed by atoms with E-state index in [9.17, 15) is 9.59 Å². The van der Waals surface area contributed by atoms with Crippen LogP contribution in [0.5, 0.6) is 0 Å². The number of carbonyl (C=O) groups excluding carboxylic acids is 1. The predicted octanol–water partition coefficient (Wildman–Crippen LogP) is 1.69. The number of fused-ring (bicyclic) bond motifs is 1. The number of hydrogen-bond acceptors (Lipinski definition) is 4. The van der Waals surface area contributed by atoms with Crippen molar-refractivity contribution in [3.63, 3.8) is 0 Å². The summed E-state index contributed by atoms with van der Waals surface area (Å²) in [7, 11) is 0. The van der Waals surface area contributed by atoms with Crippen LogP contribution in [-0.2, 0) is 0 Å². The molecule has 0 fully saturated rings. The number of unbranched alkanes of at least 4 members (excludes halogenated alkanes) is 2. The molecule has 0 aliphatic heterocycles. The second-order valence-electron chi connectivity index (χ2n) is 4.53. The highest BCUT2D eigenvalue weighted by atomic mass is 16.4. The number of benzene rings is 1. The summed E-state index contributed by atoms with van der Waals surface area (Å²) in [6.07, 6.45) is 2.32. The van der Waals surface area contributed by atoms with Crippen molar-refractivity contribution < 1.29 is 14.3 Å². The van der Waals surface area contributed by atoms with E-state index in [0.717, 1.165) is 18.2 Å². The fourth-order valence-electron chi connectivity index (χ4n) is 1.93. The predicted molar refractivity (Wildman–Crippen MR) is 75.8 cm³/mol. The summed E-state index contributed by atoms with van der Waals surface area (Å²) < 4.78 is 5.11. The summed E-state index contributed by atoms with van der Waals surface area (Å²) in [5, 5.41) is 12.1. The van der Waals surface area contributed by atoms with E-state index in [1.54, 1.807) is 24.3 Å². The van der Waals surface area contributed by atoms with Crippen molar-refractivity contribution in [2.75, 3.05) is 13.2 Å². The molecule has 0 spiro atoms. The van der Waals surface area contributed by atoms with Crippen LogP contribution in [-0.4, -0.2) is 24.2 Å². The summed E-state index contributed by atoms with van der Waals surface area (Å²) in [5.74, 6) is -0.423. The van der Waals surface area contributed by atoms with Gasteiger partial charge in [0.1, 0.15) is 11.1 Å². The number of carbonyl (C=O) groups is 1. The van der Waals surface area contributed by atoms with Crippen molar-refractivity contribution in [3.05, 3.63) is 46.3 Å². The maximum atomic E-state index is 11.9. The third-order valence-electron chi connectivity index (χ3n) is 3.01. The normalized spacial score (nSPS) is 10.7. The van der Waals surface area contributed by atoms with Gasteiger partial charge in [-0.15, -0.1) is 0 Å². The molecule has 106 valence electrons. The highest BCUT2D eigenvalue weighted by Gasteiger charge is 2.12. The molecule has 1 amide bonds. The van der Waals surface area contributed by atoms with Crippen molar-refractivity contribution in [1.82, 2.24) is 5.32 Å². The van der Waals surface area contributed by atoms with Crippen LogP contribution in [0.2, 0.25) is 0 Å². The van der Waals surface area contributed by atoms with Gasteiger partial charge in [-0.25, -0.2) is 4.79 Å². The van der Waals surface area contributed by atoms with Crippen LogP contribution in [0.1, 0.15) is 29.6 Å². The average Bonchev–Trinajstić information content (AvgIpc) is 2.46. The standard InChI is InChI=1S/C15H17NO4/c17-9-5-1-4-8-16-14(18)12-10-11-6-2-3-7-13(11)20-15(12)19/h2-3,6-7,10,17H,1,4-5,8-9H2,(H,16,18). The Morgan fingerprint density at radius 1 is 1.20 bits per heavy atom. The van der Waals surface area contributed by atoms with Gasteiger partial charge in [-0.2, -0.15) is 0 Å². The first-order chi connectivity index (χ1) is 9.72. The zero-order chi connectivity index (χ0) is 14.4. The molecule has 5 heteroatoms. The van der Waals surface area contributed by atoms with E-state index in [4.69, 9.17) is 9.52 Å². The molecule has 0 aliphatic carbocycles. The molecule has 2 N–H and O–H groups in total. The van der Waals surface area contributed by atoms with E-state index < -0.39 is 11.5 Å². The monoisotopic (exact) mass is 275 g/mol. The van der Waals surface area contributed by atoms with Crippen LogP contribution in [0.3, 0.4) is 0 Å². The zero-order valence-corrected chi connectivity index (χ0v) is 11.1. The van der Waals surface area contributed by atoms with E-state index in [2.05, 4.69) is 5.32 Å². The number of aliphatic hydroxyl groups excluding tert-OH is 1. The SMILES string of the molecule is O=C(NCCCCCO)c1cc2ccccc2oc1=O. The van der Waals surface area contributed by atoms with Gasteiger partial charge in [0, 0.05) is 18.5 Å². The van der Waals surface area contributed by atoms with Crippen LogP contribution in [0, 0.1) is 0 Å². The van der Waals surface area contributed by atoms with Crippen LogP contribution in [0.15, 0.2) is 39.5 Å². The fourth-order valence-corrected chi connectivity index (χ4v) is 1.93. The minimum Gasteiger partial charge on any atom is -0.422 e. The Labute approximate surface area is 116 Å². The van der Waals surface area contributed by atoms with E-state index in [-0.39, 0.29) is 12.2 Å². The third-order valence-corrected chi connectivity index (χ3v) is 3.01. The molecular formula is C15H17NO4. The van der Waals surface area contributed by atoms with Crippen molar-refractivity contribution in [1.29, 1.82) is 0 Å².